The van der Waals surface area contributed by atoms with Crippen molar-refractivity contribution in [2.75, 3.05) is 19.8 Å². The molecule has 0 N–H and O–H groups in total. The third kappa shape index (κ3) is 9.40. The molecule has 3 nitrogen and oxygen atoms in total. The Morgan fingerprint density at radius 2 is 1.44 bits per heavy atom. The van der Waals surface area contributed by atoms with Gasteiger partial charge in [0.25, 0.3) is 0 Å². The monoisotopic (exact) mass is 256 g/mol. The van der Waals surface area contributed by atoms with E-state index in [2.05, 4.69) is 19.1 Å². The Labute approximate surface area is 112 Å². The summed E-state index contributed by atoms with van der Waals surface area (Å²) in [5.41, 5.74) is 0. The number of ether oxygens (including phenoxy) is 3. The summed E-state index contributed by atoms with van der Waals surface area (Å²) in [7, 11) is 0. The normalized spacial score (nSPS) is 14.1. The molecule has 0 spiro atoms. The van der Waals surface area contributed by atoms with E-state index in [-0.39, 0.29) is 12.4 Å². The zero-order valence-corrected chi connectivity index (χ0v) is 12.2. The van der Waals surface area contributed by atoms with Gasteiger partial charge in [-0.15, -0.1) is 0 Å². The molecule has 0 saturated heterocycles. The molecule has 0 amide bonds. The first-order valence-electron chi connectivity index (χ1n) is 6.96. The summed E-state index contributed by atoms with van der Waals surface area (Å²) in [6.07, 6.45) is 9.87. The van der Waals surface area contributed by atoms with Crippen LogP contribution in [0.25, 0.3) is 0 Å². The lowest BCUT2D eigenvalue weighted by molar-refractivity contribution is -0.152. The van der Waals surface area contributed by atoms with Crippen molar-refractivity contribution in [2.45, 2.75) is 52.9 Å². The fourth-order valence-electron chi connectivity index (χ4n) is 1.56. The van der Waals surface area contributed by atoms with Crippen molar-refractivity contribution in [3.8, 4) is 0 Å². The Bertz CT molecular complexity index is 218. The second-order valence-electron chi connectivity index (χ2n) is 3.79. The van der Waals surface area contributed by atoms with Gasteiger partial charge in [-0.2, -0.15) is 0 Å². The van der Waals surface area contributed by atoms with Gasteiger partial charge in [-0.05, 0) is 27.2 Å². The topological polar surface area (TPSA) is 27.7 Å². The summed E-state index contributed by atoms with van der Waals surface area (Å²) in [5.74, 6) is 0. The molecule has 0 aromatic rings. The first-order valence-corrected chi connectivity index (χ1v) is 6.96. The van der Waals surface area contributed by atoms with E-state index in [1.165, 1.54) is 0 Å². The average Bonchev–Trinajstić information content (AvgIpc) is 2.35. The summed E-state index contributed by atoms with van der Waals surface area (Å²) in [4.78, 5) is 0. The Balaban J connectivity index is 4.28. The molecule has 18 heavy (non-hydrogen) atoms. The first-order chi connectivity index (χ1) is 8.78. The summed E-state index contributed by atoms with van der Waals surface area (Å²) in [6, 6.07) is 0. The van der Waals surface area contributed by atoms with Gasteiger partial charge < -0.3 is 14.2 Å². The van der Waals surface area contributed by atoms with E-state index < -0.39 is 0 Å². The SMILES string of the molecule is CC/C=C/C=C/C(CC(OCC)OCC)OCC. The minimum absolute atomic E-state index is 0.0413. The molecule has 0 aliphatic carbocycles. The van der Waals surface area contributed by atoms with Crippen molar-refractivity contribution in [3.05, 3.63) is 24.3 Å². The van der Waals surface area contributed by atoms with Crippen LogP contribution < -0.4 is 0 Å². The molecule has 0 aromatic carbocycles. The summed E-state index contributed by atoms with van der Waals surface area (Å²) >= 11 is 0. The summed E-state index contributed by atoms with van der Waals surface area (Å²) in [5, 5.41) is 0. The van der Waals surface area contributed by atoms with Crippen LogP contribution in [-0.4, -0.2) is 32.2 Å². The standard InChI is InChI=1S/C15H28O3/c1-5-9-10-11-12-14(16-6-2)13-15(17-7-3)18-8-4/h9-12,14-15H,5-8,13H2,1-4H3/b10-9+,12-11+. The molecule has 106 valence electrons. The van der Waals surface area contributed by atoms with Crippen LogP contribution in [0.5, 0.6) is 0 Å². The van der Waals surface area contributed by atoms with E-state index >= 15 is 0 Å². The Morgan fingerprint density at radius 3 is 1.94 bits per heavy atom. The molecule has 3 heteroatoms. The zero-order chi connectivity index (χ0) is 13.6. The molecule has 0 saturated carbocycles. The third-order valence-electron chi connectivity index (χ3n) is 2.32. The molecule has 0 rings (SSSR count). The highest BCUT2D eigenvalue weighted by molar-refractivity contribution is 5.04. The number of hydrogen-bond acceptors (Lipinski definition) is 3. The molecule has 0 bridgehead atoms. The van der Waals surface area contributed by atoms with Crippen LogP contribution in [0.3, 0.4) is 0 Å². The number of allylic oxidation sites excluding steroid dienone is 3. The van der Waals surface area contributed by atoms with Crippen LogP contribution in [0.1, 0.15) is 40.5 Å². The molecular formula is C15H28O3. The lowest BCUT2D eigenvalue weighted by Gasteiger charge is -2.21. The van der Waals surface area contributed by atoms with Gasteiger partial charge in [0.1, 0.15) is 0 Å². The van der Waals surface area contributed by atoms with Gasteiger partial charge in [0, 0.05) is 26.2 Å². The van der Waals surface area contributed by atoms with Crippen LogP contribution >= 0.6 is 0 Å². The van der Waals surface area contributed by atoms with E-state index in [0.717, 1.165) is 12.8 Å². The molecule has 0 aromatic heterocycles. The maximum absolute atomic E-state index is 5.66. The van der Waals surface area contributed by atoms with E-state index in [4.69, 9.17) is 14.2 Å². The minimum atomic E-state index is -0.184. The summed E-state index contributed by atoms with van der Waals surface area (Å²) in [6.45, 7) is 10.1. The fourth-order valence-corrected chi connectivity index (χ4v) is 1.56. The van der Waals surface area contributed by atoms with Crippen LogP contribution in [-0.2, 0) is 14.2 Å². The predicted octanol–water partition coefficient (Wildman–Crippen LogP) is 3.70. The van der Waals surface area contributed by atoms with Crippen LogP contribution in [0, 0.1) is 0 Å². The molecule has 0 aliphatic heterocycles. The highest BCUT2D eigenvalue weighted by Crippen LogP contribution is 2.10. The molecule has 0 radical (unpaired) electrons. The second-order valence-corrected chi connectivity index (χ2v) is 3.79. The molecule has 1 unspecified atom stereocenters. The van der Waals surface area contributed by atoms with Crippen molar-refractivity contribution in [2.24, 2.45) is 0 Å². The highest BCUT2D eigenvalue weighted by Gasteiger charge is 2.14. The van der Waals surface area contributed by atoms with Gasteiger partial charge >= 0.3 is 0 Å². The minimum Gasteiger partial charge on any atom is -0.374 e. The largest absolute Gasteiger partial charge is 0.374 e. The van der Waals surface area contributed by atoms with Gasteiger partial charge in [0.2, 0.25) is 0 Å². The quantitative estimate of drug-likeness (QED) is 0.417. The first kappa shape index (κ1) is 17.4. The van der Waals surface area contributed by atoms with Gasteiger partial charge in [-0.1, -0.05) is 31.2 Å². The van der Waals surface area contributed by atoms with Crippen molar-refractivity contribution in [1.29, 1.82) is 0 Å². The van der Waals surface area contributed by atoms with Crippen molar-refractivity contribution in [3.63, 3.8) is 0 Å². The molecule has 0 aliphatic rings. The van der Waals surface area contributed by atoms with Crippen molar-refractivity contribution in [1.82, 2.24) is 0 Å². The van der Waals surface area contributed by atoms with E-state index in [1.807, 2.05) is 32.9 Å². The van der Waals surface area contributed by atoms with Crippen LogP contribution in [0.15, 0.2) is 24.3 Å². The second kappa shape index (κ2) is 12.8. The van der Waals surface area contributed by atoms with Crippen molar-refractivity contribution < 1.29 is 14.2 Å². The average molecular weight is 256 g/mol. The predicted molar refractivity (Wildman–Crippen MR) is 75.6 cm³/mol. The fraction of sp³-hybridized carbons (Fsp3) is 0.733. The lowest BCUT2D eigenvalue weighted by atomic mass is 10.2. The number of hydrogen-bond donors (Lipinski definition) is 0. The Morgan fingerprint density at radius 1 is 0.833 bits per heavy atom. The molecule has 1 atom stereocenters. The molecular weight excluding hydrogens is 228 g/mol. The Kier molecular flexibility index (Phi) is 12.4. The van der Waals surface area contributed by atoms with Gasteiger partial charge in [-0.3, -0.25) is 0 Å². The van der Waals surface area contributed by atoms with Gasteiger partial charge in [0.05, 0.1) is 6.10 Å². The van der Waals surface area contributed by atoms with Gasteiger partial charge in [0.15, 0.2) is 6.29 Å². The highest BCUT2D eigenvalue weighted by atomic mass is 16.7. The maximum Gasteiger partial charge on any atom is 0.160 e. The van der Waals surface area contributed by atoms with E-state index in [1.54, 1.807) is 0 Å². The zero-order valence-electron chi connectivity index (χ0n) is 12.2. The van der Waals surface area contributed by atoms with Crippen molar-refractivity contribution >= 4 is 0 Å². The Hall–Kier alpha value is -0.640. The van der Waals surface area contributed by atoms with E-state index in [0.29, 0.717) is 19.8 Å². The van der Waals surface area contributed by atoms with E-state index in [9.17, 15) is 0 Å². The number of rotatable bonds is 11. The summed E-state index contributed by atoms with van der Waals surface area (Å²) < 4.78 is 16.7. The molecule has 0 fully saturated rings. The van der Waals surface area contributed by atoms with Gasteiger partial charge in [-0.25, -0.2) is 0 Å². The maximum atomic E-state index is 5.66. The lowest BCUT2D eigenvalue weighted by Crippen LogP contribution is -2.24. The molecule has 0 heterocycles. The van der Waals surface area contributed by atoms with Crippen LogP contribution in [0.2, 0.25) is 0 Å². The smallest absolute Gasteiger partial charge is 0.160 e. The van der Waals surface area contributed by atoms with Crippen LogP contribution in [0.4, 0.5) is 0 Å². The third-order valence-corrected chi connectivity index (χ3v) is 2.32.